The number of carbonyl (C=O) groups excluding carboxylic acids is 1. The zero-order valence-electron chi connectivity index (χ0n) is 19.3. The van der Waals surface area contributed by atoms with Crippen molar-refractivity contribution in [3.05, 3.63) is 59.4 Å². The number of benzene rings is 2. The molecule has 0 heterocycles. The van der Waals surface area contributed by atoms with Crippen molar-refractivity contribution in [2.45, 2.75) is 51.7 Å². The maximum absolute atomic E-state index is 13.5. The molecule has 6 nitrogen and oxygen atoms in total. The Kier molecular flexibility index (Phi) is 10.5. The zero-order valence-corrected chi connectivity index (χ0v) is 19.3. The quantitative estimate of drug-likeness (QED) is 0.413. The molecule has 2 rings (SSSR count). The van der Waals surface area contributed by atoms with Gasteiger partial charge in [-0.05, 0) is 59.4 Å². The molecule has 33 heavy (non-hydrogen) atoms. The van der Waals surface area contributed by atoms with E-state index in [4.69, 9.17) is 14.6 Å². The van der Waals surface area contributed by atoms with Crippen LogP contribution in [-0.2, 0) is 9.53 Å². The van der Waals surface area contributed by atoms with Gasteiger partial charge in [-0.15, -0.1) is 0 Å². The van der Waals surface area contributed by atoms with E-state index in [2.05, 4.69) is 0 Å². The molecule has 7 heteroatoms. The van der Waals surface area contributed by atoms with Crippen molar-refractivity contribution >= 4 is 12.0 Å². The van der Waals surface area contributed by atoms with Crippen LogP contribution in [0.1, 0.15) is 50.7 Å². The van der Waals surface area contributed by atoms with Crippen molar-refractivity contribution in [2.24, 2.45) is 0 Å². The second kappa shape index (κ2) is 13.1. The number of carbonyl (C=O) groups is 1. The molecule has 0 amide bonds. The van der Waals surface area contributed by atoms with Crippen molar-refractivity contribution in [3.8, 4) is 16.9 Å². The highest BCUT2D eigenvalue weighted by Crippen LogP contribution is 2.36. The van der Waals surface area contributed by atoms with Crippen LogP contribution in [0.3, 0.4) is 0 Å². The first kappa shape index (κ1) is 26.5. The Morgan fingerprint density at radius 3 is 2.45 bits per heavy atom. The number of hydrogen-bond donors (Lipinski definition) is 3. The lowest BCUT2D eigenvalue weighted by atomic mass is 9.89. The van der Waals surface area contributed by atoms with Crippen LogP contribution in [0.4, 0.5) is 4.39 Å². The number of rotatable bonds is 12. The lowest BCUT2D eigenvalue weighted by Crippen LogP contribution is -2.20. The Bertz CT molecular complexity index is 923. The fraction of sp³-hybridized carbons (Fsp3) is 0.423. The highest BCUT2D eigenvalue weighted by atomic mass is 19.1. The first-order valence-electron chi connectivity index (χ1n) is 11.1. The molecule has 0 radical (unpaired) electrons. The van der Waals surface area contributed by atoms with E-state index < -0.39 is 18.2 Å². The third-order valence-electron chi connectivity index (χ3n) is 5.03. The highest BCUT2D eigenvalue weighted by molar-refractivity contribution is 5.79. The van der Waals surface area contributed by atoms with Crippen LogP contribution < -0.4 is 4.74 Å². The molecule has 0 saturated carbocycles. The molecule has 0 aliphatic carbocycles. The first-order valence-corrected chi connectivity index (χ1v) is 11.1. The largest absolute Gasteiger partial charge is 0.491 e. The minimum absolute atomic E-state index is 0.0180. The fourth-order valence-corrected chi connectivity index (χ4v) is 3.49. The lowest BCUT2D eigenvalue weighted by molar-refractivity contribution is -0.145. The summed E-state index contributed by atoms with van der Waals surface area (Å²) in [7, 11) is 0. The van der Waals surface area contributed by atoms with Crippen LogP contribution >= 0.6 is 0 Å². The summed E-state index contributed by atoms with van der Waals surface area (Å²) in [5.74, 6) is -0.179. The van der Waals surface area contributed by atoms with E-state index in [9.17, 15) is 19.4 Å². The molecule has 0 fully saturated rings. The summed E-state index contributed by atoms with van der Waals surface area (Å²) in [6, 6.07) is 9.79. The summed E-state index contributed by atoms with van der Waals surface area (Å²) in [4.78, 5) is 11.5. The SMILES string of the molecule is CCOC(=O)CC(O)CC(O)C=Cc1c(-c2ccc(F)cc2)cc(OCCO)cc1C(C)C. The summed E-state index contributed by atoms with van der Waals surface area (Å²) >= 11 is 0. The molecule has 3 N–H and O–H groups in total. The molecule has 180 valence electrons. The second-order valence-electron chi connectivity index (χ2n) is 8.03. The number of aliphatic hydroxyl groups is 3. The van der Waals surface area contributed by atoms with Crippen LogP contribution in [0, 0.1) is 5.82 Å². The summed E-state index contributed by atoms with van der Waals surface area (Å²) in [5.41, 5.74) is 3.32. The van der Waals surface area contributed by atoms with Gasteiger partial charge in [-0.25, -0.2) is 4.39 Å². The fourth-order valence-electron chi connectivity index (χ4n) is 3.49. The van der Waals surface area contributed by atoms with E-state index in [0.717, 1.165) is 22.3 Å². The van der Waals surface area contributed by atoms with E-state index in [1.165, 1.54) is 12.1 Å². The van der Waals surface area contributed by atoms with E-state index in [-0.39, 0.29) is 44.4 Å². The Labute approximate surface area is 194 Å². The summed E-state index contributed by atoms with van der Waals surface area (Å²) in [5, 5.41) is 29.6. The molecule has 2 aromatic carbocycles. The van der Waals surface area contributed by atoms with E-state index in [1.54, 1.807) is 31.2 Å². The van der Waals surface area contributed by atoms with Gasteiger partial charge in [0, 0.05) is 6.42 Å². The van der Waals surface area contributed by atoms with Crippen molar-refractivity contribution < 1.29 is 34.0 Å². The standard InChI is InChI=1S/C26H33FO6/c1-4-32-26(31)14-21(30)13-20(29)9-10-23-24(17(2)3)15-22(33-12-11-28)16-25(23)18-5-7-19(27)8-6-18/h5-10,15-17,20-21,28-30H,4,11-14H2,1-3H3. The molecule has 0 aromatic heterocycles. The van der Waals surface area contributed by atoms with Crippen LogP contribution in [0.2, 0.25) is 0 Å². The molecule has 0 aliphatic heterocycles. The minimum Gasteiger partial charge on any atom is -0.491 e. The molecule has 2 unspecified atom stereocenters. The molecule has 2 atom stereocenters. The predicted molar refractivity (Wildman–Crippen MR) is 125 cm³/mol. The van der Waals surface area contributed by atoms with Crippen molar-refractivity contribution in [1.82, 2.24) is 0 Å². The van der Waals surface area contributed by atoms with Gasteiger partial charge in [0.15, 0.2) is 0 Å². The summed E-state index contributed by atoms with van der Waals surface area (Å²) in [6.45, 7) is 5.99. The van der Waals surface area contributed by atoms with Crippen molar-refractivity contribution in [2.75, 3.05) is 19.8 Å². The lowest BCUT2D eigenvalue weighted by Gasteiger charge is -2.19. The molecule has 0 bridgehead atoms. The summed E-state index contributed by atoms with van der Waals surface area (Å²) in [6.07, 6.45) is 1.12. The predicted octanol–water partition coefficient (Wildman–Crippen LogP) is 4.07. The average molecular weight is 461 g/mol. The third kappa shape index (κ3) is 8.28. The van der Waals surface area contributed by atoms with Gasteiger partial charge in [0.1, 0.15) is 18.2 Å². The molecular weight excluding hydrogens is 427 g/mol. The topological polar surface area (TPSA) is 96.2 Å². The number of halogens is 1. The van der Waals surface area contributed by atoms with Crippen molar-refractivity contribution in [1.29, 1.82) is 0 Å². The molecule has 2 aromatic rings. The maximum atomic E-state index is 13.5. The minimum atomic E-state index is -1.03. The van der Waals surface area contributed by atoms with Gasteiger partial charge in [-0.3, -0.25) is 4.79 Å². The molecule has 0 aliphatic rings. The van der Waals surface area contributed by atoms with Crippen LogP contribution in [-0.4, -0.2) is 53.3 Å². The van der Waals surface area contributed by atoms with Gasteiger partial charge in [-0.2, -0.15) is 0 Å². The number of aliphatic hydroxyl groups excluding tert-OH is 3. The Morgan fingerprint density at radius 1 is 1.15 bits per heavy atom. The van der Waals surface area contributed by atoms with Gasteiger partial charge in [0.2, 0.25) is 0 Å². The van der Waals surface area contributed by atoms with E-state index in [1.807, 2.05) is 26.0 Å². The monoisotopic (exact) mass is 460 g/mol. The van der Waals surface area contributed by atoms with Crippen molar-refractivity contribution in [3.63, 3.8) is 0 Å². The van der Waals surface area contributed by atoms with E-state index in [0.29, 0.717) is 5.75 Å². The van der Waals surface area contributed by atoms with Crippen LogP contribution in [0.5, 0.6) is 5.75 Å². The second-order valence-corrected chi connectivity index (χ2v) is 8.03. The summed E-state index contributed by atoms with van der Waals surface area (Å²) < 4.78 is 24.0. The van der Waals surface area contributed by atoms with Gasteiger partial charge >= 0.3 is 5.97 Å². The number of esters is 1. The Balaban J connectivity index is 2.38. The normalized spacial score (nSPS) is 13.3. The smallest absolute Gasteiger partial charge is 0.308 e. The third-order valence-corrected chi connectivity index (χ3v) is 5.03. The maximum Gasteiger partial charge on any atom is 0.308 e. The van der Waals surface area contributed by atoms with Gasteiger partial charge in [-0.1, -0.05) is 38.1 Å². The van der Waals surface area contributed by atoms with Gasteiger partial charge in [0.25, 0.3) is 0 Å². The molecular formula is C26H33FO6. The molecule has 0 saturated heterocycles. The molecule has 0 spiro atoms. The van der Waals surface area contributed by atoms with Gasteiger partial charge < -0.3 is 24.8 Å². The average Bonchev–Trinajstić information content (AvgIpc) is 2.76. The van der Waals surface area contributed by atoms with E-state index >= 15 is 0 Å². The van der Waals surface area contributed by atoms with Crippen LogP contribution in [0.25, 0.3) is 17.2 Å². The number of ether oxygens (including phenoxy) is 2. The highest BCUT2D eigenvalue weighted by Gasteiger charge is 2.17. The van der Waals surface area contributed by atoms with Gasteiger partial charge in [0.05, 0.1) is 31.8 Å². The Hall–Kier alpha value is -2.74. The Morgan fingerprint density at radius 2 is 1.85 bits per heavy atom. The zero-order chi connectivity index (χ0) is 24.4. The number of hydrogen-bond acceptors (Lipinski definition) is 6. The van der Waals surface area contributed by atoms with Crippen LogP contribution in [0.15, 0.2) is 42.5 Å². The first-order chi connectivity index (χ1) is 15.7.